The zero-order chi connectivity index (χ0) is 17.7. The first kappa shape index (κ1) is 17.9. The number of carbonyl (C=O) groups is 2. The van der Waals surface area contributed by atoms with Gasteiger partial charge in [-0.15, -0.1) is 0 Å². The van der Waals surface area contributed by atoms with E-state index in [9.17, 15) is 14.0 Å². The highest BCUT2D eigenvalue weighted by molar-refractivity contribution is 6.31. The molecule has 0 radical (unpaired) electrons. The van der Waals surface area contributed by atoms with Crippen LogP contribution in [-0.2, 0) is 16.1 Å². The number of carbonyl (C=O) groups excluding carboxylic acids is 2. The van der Waals surface area contributed by atoms with E-state index in [4.69, 9.17) is 21.4 Å². The van der Waals surface area contributed by atoms with E-state index in [0.717, 1.165) is 6.07 Å². The van der Waals surface area contributed by atoms with Crippen LogP contribution >= 0.6 is 11.6 Å². The van der Waals surface area contributed by atoms with Crippen molar-refractivity contribution in [2.75, 3.05) is 5.32 Å². The number of anilines is 1. The molecule has 2 aromatic rings. The largest absolute Gasteiger partial charge is 0.449 e. The first-order valence-corrected chi connectivity index (χ1v) is 7.45. The van der Waals surface area contributed by atoms with Gasteiger partial charge in [0.1, 0.15) is 5.82 Å². The van der Waals surface area contributed by atoms with Gasteiger partial charge < -0.3 is 15.2 Å². The van der Waals surface area contributed by atoms with Gasteiger partial charge in [0.25, 0.3) is 5.91 Å². The number of hydrogen-bond acceptors (Lipinski definition) is 4. The number of rotatable bonds is 5. The van der Waals surface area contributed by atoms with E-state index in [1.807, 2.05) is 0 Å². The Kier molecular flexibility index (Phi) is 5.89. The molecule has 0 aliphatic heterocycles. The molecule has 0 aromatic heterocycles. The molecule has 2 aromatic carbocycles. The van der Waals surface area contributed by atoms with Crippen LogP contribution in [0.5, 0.6) is 0 Å². The van der Waals surface area contributed by atoms with Crippen LogP contribution in [0.3, 0.4) is 0 Å². The van der Waals surface area contributed by atoms with Gasteiger partial charge in [0, 0.05) is 5.69 Å². The summed E-state index contributed by atoms with van der Waals surface area (Å²) in [5, 5.41) is 11.3. The highest BCUT2D eigenvalue weighted by Gasteiger charge is 2.19. The molecule has 0 bridgehead atoms. The normalized spacial score (nSPS) is 11.7. The molecule has 2 N–H and O–H groups in total. The Balaban J connectivity index is 1.97. The molecule has 0 unspecified atom stereocenters. The van der Waals surface area contributed by atoms with Gasteiger partial charge in [0.05, 0.1) is 17.2 Å². The molecule has 1 atom stereocenters. The summed E-state index contributed by atoms with van der Waals surface area (Å²) in [6.45, 7) is 1.29. The molecule has 2 rings (SSSR count). The molecule has 0 spiro atoms. The average molecular weight is 352 g/mol. The summed E-state index contributed by atoms with van der Waals surface area (Å²) in [6, 6.07) is 9.90. The number of halogens is 2. The summed E-state index contributed by atoms with van der Waals surface area (Å²) < 4.78 is 18.2. The molecule has 0 saturated carbocycles. The second kappa shape index (κ2) is 7.90. The molecule has 126 valence electrons. The lowest BCUT2D eigenvalue weighted by molar-refractivity contribution is -0.123. The summed E-state index contributed by atoms with van der Waals surface area (Å²) in [5.74, 6) is -1.84. The van der Waals surface area contributed by atoms with Crippen LogP contribution in [0.2, 0.25) is 5.02 Å². The van der Waals surface area contributed by atoms with Crippen molar-refractivity contribution in [1.29, 1.82) is 0 Å². The Labute approximate surface area is 143 Å². The Morgan fingerprint density at radius 1 is 1.25 bits per heavy atom. The lowest BCUT2D eigenvalue weighted by Crippen LogP contribution is -2.30. The van der Waals surface area contributed by atoms with E-state index >= 15 is 0 Å². The number of aliphatic hydroxyl groups excluding tert-OH is 1. The summed E-state index contributed by atoms with van der Waals surface area (Å²) in [4.78, 5) is 24.0. The maximum Gasteiger partial charge on any atom is 0.338 e. The fourth-order valence-electron chi connectivity index (χ4n) is 1.85. The zero-order valence-corrected chi connectivity index (χ0v) is 13.5. The van der Waals surface area contributed by atoms with Gasteiger partial charge in [-0.1, -0.05) is 23.7 Å². The first-order valence-electron chi connectivity index (χ1n) is 7.07. The first-order chi connectivity index (χ1) is 11.4. The van der Waals surface area contributed by atoms with Crippen molar-refractivity contribution < 1.29 is 23.8 Å². The van der Waals surface area contributed by atoms with Crippen LogP contribution < -0.4 is 5.32 Å². The smallest absolute Gasteiger partial charge is 0.338 e. The highest BCUT2D eigenvalue weighted by atomic mass is 35.5. The van der Waals surface area contributed by atoms with Gasteiger partial charge in [-0.25, -0.2) is 9.18 Å². The van der Waals surface area contributed by atoms with Crippen molar-refractivity contribution in [3.05, 3.63) is 64.4 Å². The minimum absolute atomic E-state index is 0.124. The van der Waals surface area contributed by atoms with Crippen molar-refractivity contribution in [2.45, 2.75) is 19.6 Å². The maximum atomic E-state index is 13.1. The summed E-state index contributed by atoms with van der Waals surface area (Å²) in [5.41, 5.74) is 1.21. The van der Waals surface area contributed by atoms with Gasteiger partial charge in [0.2, 0.25) is 0 Å². The van der Waals surface area contributed by atoms with Crippen molar-refractivity contribution in [2.24, 2.45) is 0 Å². The minimum atomic E-state index is -1.06. The molecule has 5 nitrogen and oxygen atoms in total. The lowest BCUT2D eigenvalue weighted by atomic mass is 10.1. The summed E-state index contributed by atoms with van der Waals surface area (Å²) in [7, 11) is 0. The molecule has 0 saturated heterocycles. The Hall–Kier alpha value is -2.44. The quantitative estimate of drug-likeness (QED) is 0.811. The number of hydrogen-bond donors (Lipinski definition) is 2. The predicted octanol–water partition coefficient (Wildman–Crippen LogP) is 3.16. The lowest BCUT2D eigenvalue weighted by Gasteiger charge is -2.14. The third kappa shape index (κ3) is 4.53. The fraction of sp³-hybridized carbons (Fsp3) is 0.176. The Bertz CT molecular complexity index is 749. The Morgan fingerprint density at radius 2 is 1.92 bits per heavy atom. The van der Waals surface area contributed by atoms with Gasteiger partial charge in [-0.3, -0.25) is 4.79 Å². The van der Waals surface area contributed by atoms with E-state index in [1.165, 1.54) is 31.2 Å². The monoisotopic (exact) mass is 351 g/mol. The van der Waals surface area contributed by atoms with Gasteiger partial charge in [-0.2, -0.15) is 0 Å². The van der Waals surface area contributed by atoms with Crippen LogP contribution in [0.1, 0.15) is 22.8 Å². The number of ether oxygens (including phenoxy) is 1. The second-order valence-corrected chi connectivity index (χ2v) is 5.43. The summed E-state index contributed by atoms with van der Waals surface area (Å²) in [6.07, 6.45) is -1.06. The molecule has 0 heterocycles. The molecule has 1 amide bonds. The molecule has 0 aliphatic carbocycles. The van der Waals surface area contributed by atoms with E-state index in [2.05, 4.69) is 5.32 Å². The second-order valence-electron chi connectivity index (χ2n) is 5.02. The van der Waals surface area contributed by atoms with Gasteiger partial charge >= 0.3 is 5.97 Å². The van der Waals surface area contributed by atoms with Gasteiger partial charge in [0.15, 0.2) is 6.10 Å². The van der Waals surface area contributed by atoms with Crippen LogP contribution in [-0.4, -0.2) is 23.1 Å². The molecule has 24 heavy (non-hydrogen) atoms. The van der Waals surface area contributed by atoms with Gasteiger partial charge in [-0.05, 0) is 42.8 Å². The number of aliphatic hydroxyl groups is 1. The molecule has 0 aliphatic rings. The van der Waals surface area contributed by atoms with Crippen molar-refractivity contribution in [3.8, 4) is 0 Å². The third-order valence-electron chi connectivity index (χ3n) is 3.21. The summed E-state index contributed by atoms with van der Waals surface area (Å²) >= 11 is 5.64. The number of nitrogens with one attached hydrogen (secondary N) is 1. The highest BCUT2D eigenvalue weighted by Crippen LogP contribution is 2.19. The number of esters is 1. The van der Waals surface area contributed by atoms with Crippen LogP contribution in [0.25, 0.3) is 0 Å². The number of amides is 1. The van der Waals surface area contributed by atoms with Crippen LogP contribution in [0, 0.1) is 5.82 Å². The standard InChI is InChI=1S/C17H15ClFNO4/c1-10(16(22)20-13-6-7-15(19)14(18)8-13)24-17(23)12-4-2-11(9-21)3-5-12/h2-8,10,21H,9H2,1H3,(H,20,22)/t10-/m0/s1. The van der Waals surface area contributed by atoms with E-state index in [-0.39, 0.29) is 17.2 Å². The third-order valence-corrected chi connectivity index (χ3v) is 3.50. The van der Waals surface area contributed by atoms with Crippen molar-refractivity contribution >= 4 is 29.2 Å². The maximum absolute atomic E-state index is 13.1. The van der Waals surface area contributed by atoms with Crippen molar-refractivity contribution in [1.82, 2.24) is 0 Å². The topological polar surface area (TPSA) is 75.6 Å². The average Bonchev–Trinajstić information content (AvgIpc) is 2.58. The molecule has 0 fully saturated rings. The van der Waals surface area contributed by atoms with Crippen LogP contribution in [0.4, 0.5) is 10.1 Å². The fourth-order valence-corrected chi connectivity index (χ4v) is 2.03. The van der Waals surface area contributed by atoms with E-state index < -0.39 is 23.8 Å². The molecular formula is C17H15ClFNO4. The Morgan fingerprint density at radius 3 is 2.50 bits per heavy atom. The molecule has 7 heteroatoms. The minimum Gasteiger partial charge on any atom is -0.449 e. The van der Waals surface area contributed by atoms with E-state index in [1.54, 1.807) is 12.1 Å². The van der Waals surface area contributed by atoms with Crippen molar-refractivity contribution in [3.63, 3.8) is 0 Å². The molecular weight excluding hydrogens is 337 g/mol. The zero-order valence-electron chi connectivity index (χ0n) is 12.8. The SMILES string of the molecule is C[C@H](OC(=O)c1ccc(CO)cc1)C(=O)Nc1ccc(F)c(Cl)c1. The van der Waals surface area contributed by atoms with E-state index in [0.29, 0.717) is 11.3 Å². The predicted molar refractivity (Wildman–Crippen MR) is 87.3 cm³/mol. The number of benzene rings is 2. The van der Waals surface area contributed by atoms with Crippen LogP contribution in [0.15, 0.2) is 42.5 Å².